The van der Waals surface area contributed by atoms with Gasteiger partial charge in [0, 0.05) is 5.56 Å². The molecule has 0 aliphatic rings. The molecule has 0 amide bonds. The van der Waals surface area contributed by atoms with E-state index < -0.39 is 0 Å². The Kier molecular flexibility index (Phi) is 3.51. The van der Waals surface area contributed by atoms with Crippen LogP contribution in [0.2, 0.25) is 0 Å². The van der Waals surface area contributed by atoms with E-state index in [1.165, 1.54) is 6.08 Å². The largest absolute Gasteiger partial charge is 0.507 e. The second-order valence-electron chi connectivity index (χ2n) is 4.98. The van der Waals surface area contributed by atoms with E-state index >= 15 is 0 Å². The molecule has 1 aromatic carbocycles. The molecule has 3 nitrogen and oxygen atoms in total. The minimum absolute atomic E-state index is 0.129. The summed E-state index contributed by atoms with van der Waals surface area (Å²) in [5, 5.41) is 10.1. The monoisotopic (exact) mass is 219 g/mol. The average Bonchev–Trinajstić information content (AvgIpc) is 2.17. The van der Waals surface area contributed by atoms with E-state index in [9.17, 15) is 9.90 Å². The second kappa shape index (κ2) is 4.50. The zero-order valence-electron chi connectivity index (χ0n) is 10.2. The minimum Gasteiger partial charge on any atom is -0.507 e. The highest BCUT2D eigenvalue weighted by Gasteiger charge is 2.20. The smallest absolute Gasteiger partial charge is 0.235 e. The summed E-state index contributed by atoms with van der Waals surface area (Å²) < 4.78 is 0. The minimum atomic E-state index is -0.129. The van der Waals surface area contributed by atoms with Crippen molar-refractivity contribution in [1.82, 2.24) is 0 Å². The maximum atomic E-state index is 10.1. The van der Waals surface area contributed by atoms with E-state index in [0.29, 0.717) is 5.56 Å². The van der Waals surface area contributed by atoms with E-state index in [1.54, 1.807) is 0 Å². The lowest BCUT2D eigenvalue weighted by atomic mass is 9.84. The first kappa shape index (κ1) is 12.5. The standard InChI is InChI=1S/C13H17NO2/c1-9-5-10(7-14-8-15)12(16)11(6-9)13(2,3)4/h5-6,16H,7H2,1-4H3. The number of nitrogens with zero attached hydrogens (tertiary/aromatic N) is 1. The van der Waals surface area contributed by atoms with Gasteiger partial charge in [0.25, 0.3) is 0 Å². The Balaban J connectivity index is 3.31. The van der Waals surface area contributed by atoms with Crippen LogP contribution in [-0.2, 0) is 16.8 Å². The number of aryl methyl sites for hydroxylation is 1. The molecule has 0 aliphatic carbocycles. The third-order valence-electron chi connectivity index (χ3n) is 2.46. The number of phenols is 1. The summed E-state index contributed by atoms with van der Waals surface area (Å²) in [6, 6.07) is 3.80. The van der Waals surface area contributed by atoms with Crippen molar-refractivity contribution in [3.05, 3.63) is 28.8 Å². The molecule has 0 saturated carbocycles. The fraction of sp³-hybridized carbons (Fsp3) is 0.462. The lowest BCUT2D eigenvalue weighted by Crippen LogP contribution is -2.12. The van der Waals surface area contributed by atoms with Crippen molar-refractivity contribution >= 4 is 6.08 Å². The average molecular weight is 219 g/mol. The Bertz CT molecular complexity index is 438. The highest BCUT2D eigenvalue weighted by Crippen LogP contribution is 2.34. The Morgan fingerprint density at radius 3 is 2.50 bits per heavy atom. The first-order valence-electron chi connectivity index (χ1n) is 5.23. The second-order valence-corrected chi connectivity index (χ2v) is 4.98. The molecule has 0 aliphatic heterocycles. The maximum Gasteiger partial charge on any atom is 0.235 e. The number of carbonyl (C=O) groups excluding carboxylic acids is 1. The van der Waals surface area contributed by atoms with Gasteiger partial charge in [-0.25, -0.2) is 9.79 Å². The van der Waals surface area contributed by atoms with Crippen LogP contribution in [0.4, 0.5) is 0 Å². The first-order valence-corrected chi connectivity index (χ1v) is 5.23. The number of hydrogen-bond donors (Lipinski definition) is 1. The lowest BCUT2D eigenvalue weighted by Gasteiger charge is -2.22. The number of aliphatic imine (C=N–C) groups is 1. The van der Waals surface area contributed by atoms with Gasteiger partial charge in [0.2, 0.25) is 6.08 Å². The van der Waals surface area contributed by atoms with Crippen LogP contribution >= 0.6 is 0 Å². The fourth-order valence-electron chi connectivity index (χ4n) is 1.66. The summed E-state index contributed by atoms with van der Waals surface area (Å²) in [7, 11) is 0. The summed E-state index contributed by atoms with van der Waals surface area (Å²) in [5.41, 5.74) is 2.48. The van der Waals surface area contributed by atoms with Gasteiger partial charge in [-0.15, -0.1) is 0 Å². The maximum absolute atomic E-state index is 10.1. The molecular formula is C13H17NO2. The SMILES string of the molecule is Cc1cc(CN=C=O)c(O)c(C(C)(C)C)c1. The van der Waals surface area contributed by atoms with Crippen molar-refractivity contribution < 1.29 is 9.90 Å². The zero-order valence-corrected chi connectivity index (χ0v) is 10.2. The van der Waals surface area contributed by atoms with E-state index in [0.717, 1.165) is 11.1 Å². The molecule has 1 rings (SSSR count). The van der Waals surface area contributed by atoms with Crippen LogP contribution in [0.15, 0.2) is 17.1 Å². The van der Waals surface area contributed by atoms with Gasteiger partial charge < -0.3 is 5.11 Å². The van der Waals surface area contributed by atoms with Crippen LogP contribution in [0.3, 0.4) is 0 Å². The van der Waals surface area contributed by atoms with Crippen molar-refractivity contribution in [2.45, 2.75) is 39.7 Å². The van der Waals surface area contributed by atoms with E-state index in [-0.39, 0.29) is 17.7 Å². The summed E-state index contributed by atoms with van der Waals surface area (Å²) in [4.78, 5) is 13.6. The number of hydrogen-bond acceptors (Lipinski definition) is 3. The Morgan fingerprint density at radius 2 is 2.00 bits per heavy atom. The van der Waals surface area contributed by atoms with Crippen LogP contribution in [0.5, 0.6) is 5.75 Å². The lowest BCUT2D eigenvalue weighted by molar-refractivity contribution is 0.440. The van der Waals surface area contributed by atoms with Crippen LogP contribution in [0.1, 0.15) is 37.5 Å². The van der Waals surface area contributed by atoms with Crippen molar-refractivity contribution in [1.29, 1.82) is 0 Å². The van der Waals surface area contributed by atoms with Crippen molar-refractivity contribution in [3.8, 4) is 5.75 Å². The molecule has 0 spiro atoms. The van der Waals surface area contributed by atoms with Gasteiger partial charge in [-0.1, -0.05) is 38.5 Å². The van der Waals surface area contributed by atoms with E-state index in [4.69, 9.17) is 0 Å². The molecule has 0 bridgehead atoms. The van der Waals surface area contributed by atoms with E-state index in [1.807, 2.05) is 39.8 Å². The van der Waals surface area contributed by atoms with Gasteiger partial charge in [0.15, 0.2) is 0 Å². The molecule has 16 heavy (non-hydrogen) atoms. The number of benzene rings is 1. The van der Waals surface area contributed by atoms with Crippen LogP contribution in [0.25, 0.3) is 0 Å². The molecule has 0 radical (unpaired) electrons. The summed E-state index contributed by atoms with van der Waals surface area (Å²) in [6.07, 6.45) is 1.48. The van der Waals surface area contributed by atoms with Crippen molar-refractivity contribution in [2.75, 3.05) is 0 Å². The number of aromatic hydroxyl groups is 1. The number of phenolic OH excluding ortho intramolecular Hbond substituents is 1. The van der Waals surface area contributed by atoms with Gasteiger partial charge in [-0.05, 0) is 17.9 Å². The third kappa shape index (κ3) is 2.71. The van der Waals surface area contributed by atoms with Gasteiger partial charge in [0.1, 0.15) is 5.75 Å². The van der Waals surface area contributed by atoms with Crippen LogP contribution < -0.4 is 0 Å². The predicted octanol–water partition coefficient (Wildman–Crippen LogP) is 2.83. The normalized spacial score (nSPS) is 11.0. The quantitative estimate of drug-likeness (QED) is 0.614. The molecule has 0 fully saturated rings. The first-order chi connectivity index (χ1) is 7.36. The fourth-order valence-corrected chi connectivity index (χ4v) is 1.66. The van der Waals surface area contributed by atoms with Crippen LogP contribution in [-0.4, -0.2) is 11.2 Å². The predicted molar refractivity (Wildman–Crippen MR) is 63.4 cm³/mol. The highest BCUT2D eigenvalue weighted by molar-refractivity contribution is 5.47. The molecule has 86 valence electrons. The molecular weight excluding hydrogens is 202 g/mol. The molecule has 0 heterocycles. The summed E-state index contributed by atoms with van der Waals surface area (Å²) in [6.45, 7) is 8.25. The van der Waals surface area contributed by atoms with Gasteiger partial charge in [-0.3, -0.25) is 0 Å². The zero-order chi connectivity index (χ0) is 12.3. The van der Waals surface area contributed by atoms with Crippen molar-refractivity contribution in [3.63, 3.8) is 0 Å². The number of rotatable bonds is 2. The van der Waals surface area contributed by atoms with Gasteiger partial charge in [0.05, 0.1) is 6.54 Å². The molecule has 0 saturated heterocycles. The molecule has 1 aromatic rings. The van der Waals surface area contributed by atoms with Crippen molar-refractivity contribution in [2.24, 2.45) is 4.99 Å². The molecule has 0 unspecified atom stereocenters. The Morgan fingerprint density at radius 1 is 1.38 bits per heavy atom. The molecule has 1 N–H and O–H groups in total. The summed E-state index contributed by atoms with van der Waals surface area (Å²) >= 11 is 0. The van der Waals surface area contributed by atoms with E-state index in [2.05, 4.69) is 4.99 Å². The van der Waals surface area contributed by atoms with Gasteiger partial charge >= 0.3 is 0 Å². The molecule has 0 atom stereocenters. The number of isocyanates is 1. The Labute approximate surface area is 95.8 Å². The topological polar surface area (TPSA) is 49.7 Å². The Hall–Kier alpha value is -1.60. The highest BCUT2D eigenvalue weighted by atomic mass is 16.3. The summed E-state index contributed by atoms with van der Waals surface area (Å²) in [5.74, 6) is 0.233. The van der Waals surface area contributed by atoms with Crippen LogP contribution in [0, 0.1) is 6.92 Å². The van der Waals surface area contributed by atoms with Gasteiger partial charge in [-0.2, -0.15) is 0 Å². The third-order valence-corrected chi connectivity index (χ3v) is 2.46. The molecule has 3 heteroatoms. The molecule has 0 aromatic heterocycles.